The highest BCUT2D eigenvalue weighted by atomic mass is 35.5. The van der Waals surface area contributed by atoms with Crippen LogP contribution in [-0.2, 0) is 4.74 Å². The number of nitrogens with zero attached hydrogens (tertiary/aromatic N) is 5. The highest BCUT2D eigenvalue weighted by Gasteiger charge is 2.37. The number of hydrogen-bond acceptors (Lipinski definition) is 7. The zero-order valence-corrected chi connectivity index (χ0v) is 13.9. The predicted molar refractivity (Wildman–Crippen MR) is 83.0 cm³/mol. The van der Waals surface area contributed by atoms with Gasteiger partial charge in [-0.1, -0.05) is 18.5 Å². The third kappa shape index (κ3) is 2.92. The quantitative estimate of drug-likeness (QED) is 0.853. The molecule has 8 nitrogen and oxygen atoms in total. The summed E-state index contributed by atoms with van der Waals surface area (Å²) in [4.78, 5) is 4.02. The molecule has 0 radical (unpaired) electrons. The fourth-order valence-electron chi connectivity index (χ4n) is 2.36. The predicted octanol–water partition coefficient (Wildman–Crippen LogP) is 2.90. The first-order valence-electron chi connectivity index (χ1n) is 7.14. The number of nitriles is 1. The van der Waals surface area contributed by atoms with Crippen LogP contribution in [0.1, 0.15) is 31.0 Å². The molecule has 2 aromatic rings. The van der Waals surface area contributed by atoms with Gasteiger partial charge in [0.25, 0.3) is 5.92 Å². The summed E-state index contributed by atoms with van der Waals surface area (Å²) >= 11 is 6.13. The van der Waals surface area contributed by atoms with Gasteiger partial charge in [0.2, 0.25) is 5.95 Å². The van der Waals surface area contributed by atoms with Gasteiger partial charge in [-0.25, -0.2) is 23.3 Å². The average molecular weight is 371 g/mol. The number of anilines is 1. The van der Waals surface area contributed by atoms with E-state index < -0.39 is 11.8 Å². The molecule has 2 N–H and O–H groups in total. The maximum atomic E-state index is 13.8. The van der Waals surface area contributed by atoms with Crippen LogP contribution < -0.4 is 5.32 Å². The molecule has 2 aromatic heterocycles. The number of fused-ring (bicyclic) bond motifs is 1. The van der Waals surface area contributed by atoms with Crippen LogP contribution in [0, 0.1) is 11.3 Å². The third-order valence-electron chi connectivity index (χ3n) is 3.85. The SMILES string of the molecule is CC(c1c(C#N)c(Cl)c2cnc(NC3=COCN3O)nn12)C(C)(F)F. The van der Waals surface area contributed by atoms with Gasteiger partial charge in [-0.2, -0.15) is 5.26 Å². The first-order chi connectivity index (χ1) is 11.7. The second kappa shape index (κ2) is 6.02. The number of alkyl halides is 2. The van der Waals surface area contributed by atoms with E-state index in [-0.39, 0.29) is 40.3 Å². The van der Waals surface area contributed by atoms with Crippen LogP contribution in [0.4, 0.5) is 14.7 Å². The number of ether oxygens (including phenoxy) is 1. The average Bonchev–Trinajstić information content (AvgIpc) is 3.07. The molecule has 0 fully saturated rings. The Bertz CT molecular complexity index is 901. The molecule has 0 bridgehead atoms. The van der Waals surface area contributed by atoms with Crippen LogP contribution in [0.15, 0.2) is 18.3 Å². The maximum Gasteiger partial charge on any atom is 0.253 e. The molecule has 0 saturated heterocycles. The van der Waals surface area contributed by atoms with Crippen molar-refractivity contribution in [2.75, 3.05) is 12.0 Å². The number of halogens is 3. The van der Waals surface area contributed by atoms with Crippen molar-refractivity contribution in [1.29, 1.82) is 5.26 Å². The van der Waals surface area contributed by atoms with Gasteiger partial charge in [0.05, 0.1) is 28.4 Å². The Morgan fingerprint density at radius 3 is 2.84 bits per heavy atom. The van der Waals surface area contributed by atoms with E-state index in [4.69, 9.17) is 16.3 Å². The van der Waals surface area contributed by atoms with Crippen LogP contribution in [0.5, 0.6) is 0 Å². The van der Waals surface area contributed by atoms with Crippen molar-refractivity contribution < 1.29 is 18.7 Å². The highest BCUT2D eigenvalue weighted by molar-refractivity contribution is 6.35. The summed E-state index contributed by atoms with van der Waals surface area (Å²) < 4.78 is 33.8. The Balaban J connectivity index is 2.13. The zero-order valence-electron chi connectivity index (χ0n) is 13.2. The lowest BCUT2D eigenvalue weighted by molar-refractivity contribution is -0.0877. The molecule has 0 aromatic carbocycles. The maximum absolute atomic E-state index is 13.8. The molecule has 132 valence electrons. The van der Waals surface area contributed by atoms with E-state index in [9.17, 15) is 19.2 Å². The van der Waals surface area contributed by atoms with E-state index in [1.54, 1.807) is 0 Å². The largest absolute Gasteiger partial charge is 0.475 e. The lowest BCUT2D eigenvalue weighted by Crippen LogP contribution is -2.23. The molecule has 0 amide bonds. The van der Waals surface area contributed by atoms with Gasteiger partial charge in [0, 0.05) is 6.92 Å². The topological polar surface area (TPSA) is 98.7 Å². The molecule has 1 aliphatic rings. The molecule has 3 rings (SSSR count). The number of nitrogens with one attached hydrogen (secondary N) is 1. The van der Waals surface area contributed by atoms with Gasteiger partial charge in [-0.15, -0.1) is 5.10 Å². The van der Waals surface area contributed by atoms with Gasteiger partial charge in [0.1, 0.15) is 17.8 Å². The van der Waals surface area contributed by atoms with Crippen LogP contribution >= 0.6 is 11.6 Å². The van der Waals surface area contributed by atoms with Gasteiger partial charge in [-0.05, 0) is 0 Å². The van der Waals surface area contributed by atoms with Gasteiger partial charge < -0.3 is 10.1 Å². The molecular weight excluding hydrogens is 358 g/mol. The molecule has 1 unspecified atom stereocenters. The number of aromatic nitrogens is 3. The van der Waals surface area contributed by atoms with Crippen molar-refractivity contribution >= 4 is 23.1 Å². The van der Waals surface area contributed by atoms with E-state index in [0.717, 1.165) is 16.5 Å². The first-order valence-corrected chi connectivity index (χ1v) is 7.52. The van der Waals surface area contributed by atoms with E-state index in [0.29, 0.717) is 0 Å². The summed E-state index contributed by atoms with van der Waals surface area (Å²) in [6, 6.07) is 1.85. The van der Waals surface area contributed by atoms with Crippen molar-refractivity contribution in [3.05, 3.63) is 34.6 Å². The van der Waals surface area contributed by atoms with E-state index in [1.165, 1.54) is 19.4 Å². The van der Waals surface area contributed by atoms with Crippen molar-refractivity contribution in [2.45, 2.75) is 25.7 Å². The molecule has 1 aliphatic heterocycles. The van der Waals surface area contributed by atoms with Crippen molar-refractivity contribution in [3.8, 4) is 6.07 Å². The van der Waals surface area contributed by atoms with Crippen LogP contribution in [0.2, 0.25) is 5.02 Å². The minimum atomic E-state index is -3.09. The second-order valence-electron chi connectivity index (χ2n) is 5.57. The van der Waals surface area contributed by atoms with Crippen LogP contribution in [-0.4, -0.2) is 37.5 Å². The molecule has 0 saturated carbocycles. The first kappa shape index (κ1) is 17.2. The summed E-state index contributed by atoms with van der Waals surface area (Å²) in [5.74, 6) is -4.22. The standard InChI is InChI=1S/C14H13ClF2N6O2/c1-7(14(2,16)17)12-8(3-18)11(15)9-4-19-13(21-23(9)12)20-10-5-25-6-22(10)24/h4-5,7,24H,6H2,1-2H3,(H,20,21). The number of hydrogen-bond donors (Lipinski definition) is 2. The van der Waals surface area contributed by atoms with Crippen molar-refractivity contribution in [2.24, 2.45) is 0 Å². The molecule has 1 atom stereocenters. The number of hydroxylamine groups is 2. The van der Waals surface area contributed by atoms with E-state index in [1.807, 2.05) is 6.07 Å². The Labute approximate surface area is 145 Å². The molecule has 11 heteroatoms. The van der Waals surface area contributed by atoms with Gasteiger partial charge in [0.15, 0.2) is 12.6 Å². The molecule has 25 heavy (non-hydrogen) atoms. The summed E-state index contributed by atoms with van der Waals surface area (Å²) in [6.45, 7) is 1.98. The van der Waals surface area contributed by atoms with E-state index >= 15 is 0 Å². The van der Waals surface area contributed by atoms with Crippen LogP contribution in [0.3, 0.4) is 0 Å². The lowest BCUT2D eigenvalue weighted by atomic mass is 9.98. The normalized spacial score (nSPS) is 15.7. The molecular formula is C14H13ClF2N6O2. The summed E-state index contributed by atoms with van der Waals surface area (Å²) in [6.07, 6.45) is 2.56. The Kier molecular flexibility index (Phi) is 4.14. The number of rotatable bonds is 4. The molecule has 3 heterocycles. The fourth-order valence-corrected chi connectivity index (χ4v) is 2.63. The minimum Gasteiger partial charge on any atom is -0.475 e. The summed E-state index contributed by atoms with van der Waals surface area (Å²) in [7, 11) is 0. The molecule has 0 aliphatic carbocycles. The zero-order chi connectivity index (χ0) is 18.4. The Morgan fingerprint density at radius 1 is 1.56 bits per heavy atom. The van der Waals surface area contributed by atoms with Crippen LogP contribution in [0.25, 0.3) is 5.52 Å². The highest BCUT2D eigenvalue weighted by Crippen LogP contribution is 2.39. The molecule has 0 spiro atoms. The third-order valence-corrected chi connectivity index (χ3v) is 4.24. The second-order valence-corrected chi connectivity index (χ2v) is 5.94. The smallest absolute Gasteiger partial charge is 0.253 e. The summed E-state index contributed by atoms with van der Waals surface area (Å²) in [5.41, 5.74) is 0.139. The monoisotopic (exact) mass is 370 g/mol. The Morgan fingerprint density at radius 2 is 2.28 bits per heavy atom. The van der Waals surface area contributed by atoms with E-state index in [2.05, 4.69) is 15.4 Å². The summed E-state index contributed by atoms with van der Waals surface area (Å²) in [5, 5.41) is 26.5. The van der Waals surface area contributed by atoms with Crippen molar-refractivity contribution in [3.63, 3.8) is 0 Å². The lowest BCUT2D eigenvalue weighted by Gasteiger charge is -2.19. The Hall–Kier alpha value is -2.64. The minimum absolute atomic E-state index is 0.00678. The van der Waals surface area contributed by atoms with Crippen molar-refractivity contribution in [1.82, 2.24) is 19.7 Å². The van der Waals surface area contributed by atoms with Gasteiger partial charge in [-0.3, -0.25) is 5.21 Å². The van der Waals surface area contributed by atoms with Gasteiger partial charge >= 0.3 is 0 Å². The fraction of sp³-hybridized carbons (Fsp3) is 0.357.